The van der Waals surface area contributed by atoms with Gasteiger partial charge in [-0.3, -0.25) is 9.69 Å². The molecule has 57 heavy (non-hydrogen) atoms. The molecule has 2 unspecified atom stereocenters. The number of fused-ring (bicyclic) bond motifs is 1. The number of hydrogen-bond donors (Lipinski definition) is 1. The van der Waals surface area contributed by atoms with Crippen LogP contribution in [0.15, 0.2) is 126 Å². The van der Waals surface area contributed by atoms with E-state index in [1.54, 1.807) is 0 Å². The van der Waals surface area contributed by atoms with Crippen LogP contribution in [0.25, 0.3) is 11.3 Å². The lowest BCUT2D eigenvalue weighted by Crippen LogP contribution is -2.66. The van der Waals surface area contributed by atoms with Crippen LogP contribution in [0.1, 0.15) is 93.6 Å². The topological polar surface area (TPSA) is 88.8 Å². The Bertz CT molecular complexity index is 2170. The van der Waals surface area contributed by atoms with Gasteiger partial charge in [-0.25, -0.2) is 13.5 Å². The van der Waals surface area contributed by atoms with Gasteiger partial charge in [-0.2, -0.15) is 0 Å². The summed E-state index contributed by atoms with van der Waals surface area (Å²) in [4.78, 5) is 20.6. The molecule has 7 rings (SSSR count). The second-order valence-corrected chi connectivity index (χ2v) is 24.9. The third-order valence-electron chi connectivity index (χ3n) is 11.5. The Morgan fingerprint density at radius 2 is 1.49 bits per heavy atom. The summed E-state index contributed by atoms with van der Waals surface area (Å²) in [6.07, 6.45) is 1.51. The van der Waals surface area contributed by atoms with Crippen LogP contribution >= 0.6 is 15.9 Å². The molecule has 0 spiro atoms. The minimum Gasteiger partial charge on any atom is -0.407 e. The summed E-state index contributed by atoms with van der Waals surface area (Å²) < 4.78 is 25.4. The molecule has 0 radical (unpaired) electrons. The zero-order valence-corrected chi connectivity index (χ0v) is 37.4. The molecule has 1 saturated heterocycles. The summed E-state index contributed by atoms with van der Waals surface area (Å²) in [5.74, 6) is -0.424. The number of amides is 1. The van der Waals surface area contributed by atoms with Gasteiger partial charge in [-0.1, -0.05) is 140 Å². The predicted octanol–water partition coefficient (Wildman–Crippen LogP) is 8.96. The van der Waals surface area contributed by atoms with Crippen molar-refractivity contribution >= 4 is 51.5 Å². The van der Waals surface area contributed by atoms with Gasteiger partial charge in [-0.05, 0) is 90.8 Å². The largest absolute Gasteiger partial charge is 0.407 e. The molecule has 4 aromatic carbocycles. The van der Waals surface area contributed by atoms with Crippen LogP contribution in [0.5, 0.6) is 0 Å². The molecule has 298 valence electrons. The van der Waals surface area contributed by atoms with Crippen LogP contribution < -0.4 is 16.1 Å². The molecule has 2 aliphatic rings. The number of aromatic nitrogens is 1. The van der Waals surface area contributed by atoms with E-state index < -0.39 is 30.0 Å². The van der Waals surface area contributed by atoms with Crippen molar-refractivity contribution in [3.63, 3.8) is 0 Å². The first-order valence-electron chi connectivity index (χ1n) is 20.0. The molecular formula is C47H55BrN4O3SSi. The highest BCUT2D eigenvalue weighted by Gasteiger charge is 2.53. The van der Waals surface area contributed by atoms with Gasteiger partial charge >= 0.3 is 0 Å². The SMILES string of the molecule is CC(C)(C)[S@@](=O)N1C(CCO[Si](c2ccccc2)(c2ccccc2)C(C)(C)C)c2c(cc(C(N)=O)nc2-c2cccc(Br)c2)C1[C@@H]1CCN(Cc2ccccc2)C1. The number of nitrogens with two attached hydrogens (primary N) is 1. The maximum absolute atomic E-state index is 15.2. The van der Waals surface area contributed by atoms with E-state index in [0.29, 0.717) is 18.7 Å². The molecule has 7 nitrogen and oxygen atoms in total. The molecule has 1 fully saturated rings. The van der Waals surface area contributed by atoms with Crippen molar-refractivity contribution in [3.05, 3.63) is 148 Å². The van der Waals surface area contributed by atoms with Crippen molar-refractivity contribution < 1.29 is 13.4 Å². The van der Waals surface area contributed by atoms with E-state index in [1.165, 1.54) is 15.9 Å². The van der Waals surface area contributed by atoms with E-state index in [0.717, 1.165) is 47.2 Å². The number of carbonyl (C=O) groups is 1. The van der Waals surface area contributed by atoms with Crippen molar-refractivity contribution in [3.8, 4) is 11.3 Å². The number of hydrogen-bond acceptors (Lipinski definition) is 5. The van der Waals surface area contributed by atoms with Gasteiger partial charge in [0.1, 0.15) is 16.7 Å². The molecule has 2 aliphatic heterocycles. The number of benzene rings is 4. The highest BCUT2D eigenvalue weighted by Crippen LogP contribution is 2.54. The van der Waals surface area contributed by atoms with Crippen LogP contribution in [0.3, 0.4) is 0 Å². The summed E-state index contributed by atoms with van der Waals surface area (Å²) in [5, 5.41) is 2.23. The molecule has 0 bridgehead atoms. The lowest BCUT2D eigenvalue weighted by molar-refractivity contribution is 0.0995. The molecular weight excluding hydrogens is 809 g/mol. The highest BCUT2D eigenvalue weighted by molar-refractivity contribution is 9.10. The Kier molecular flexibility index (Phi) is 12.2. The van der Waals surface area contributed by atoms with E-state index in [1.807, 2.05) is 30.3 Å². The number of likely N-dealkylation sites (tertiary alicyclic amines) is 1. The third kappa shape index (κ3) is 8.40. The van der Waals surface area contributed by atoms with Crippen LogP contribution in [-0.4, -0.2) is 57.1 Å². The molecule has 1 amide bonds. The van der Waals surface area contributed by atoms with E-state index in [9.17, 15) is 4.79 Å². The van der Waals surface area contributed by atoms with Crippen molar-refractivity contribution in [2.24, 2.45) is 11.7 Å². The van der Waals surface area contributed by atoms with Crippen molar-refractivity contribution in [1.82, 2.24) is 14.2 Å². The van der Waals surface area contributed by atoms with Crippen LogP contribution in [0, 0.1) is 5.92 Å². The second kappa shape index (κ2) is 16.8. The van der Waals surface area contributed by atoms with Gasteiger partial charge < -0.3 is 10.2 Å². The molecule has 5 aromatic rings. The number of nitrogens with zero attached hydrogens (tertiary/aromatic N) is 3. The molecule has 4 atom stereocenters. The number of halogens is 1. The summed E-state index contributed by atoms with van der Waals surface area (Å²) >= 11 is 3.69. The van der Waals surface area contributed by atoms with E-state index in [-0.39, 0.29) is 28.7 Å². The number of pyridine rings is 1. The standard InChI is InChI=1S/C47H55BrN4O3SSi/c1-46(2,3)56(54)52-41(26-28-55-57(47(4,5)6,37-21-12-8-13-22-37)38-23-14-9-15-24-38)42-39(30-40(45(49)53)50-43(42)34-19-16-20-36(48)29-34)44(52)35-25-27-51(32-35)31-33-17-10-7-11-18-33/h7-24,29-30,35,41,44H,25-28,31-32H2,1-6H3,(H2,49,53)/t35-,41?,44?,56-/m1/s1. The number of rotatable bonds is 12. The monoisotopic (exact) mass is 862 g/mol. The zero-order chi connectivity index (χ0) is 40.5. The van der Waals surface area contributed by atoms with Gasteiger partial charge in [-0.15, -0.1) is 0 Å². The van der Waals surface area contributed by atoms with Crippen LogP contribution in [-0.2, 0) is 22.0 Å². The summed E-state index contributed by atoms with van der Waals surface area (Å²) in [7, 11) is -4.31. The third-order valence-corrected chi connectivity index (χ3v) is 19.0. The fraction of sp³-hybridized carbons (Fsp3) is 0.362. The quantitative estimate of drug-likeness (QED) is 0.127. The van der Waals surface area contributed by atoms with Gasteiger partial charge in [0.2, 0.25) is 0 Å². The minimum atomic E-state index is -2.88. The fourth-order valence-corrected chi connectivity index (χ4v) is 15.6. The fourth-order valence-electron chi connectivity index (χ4n) is 9.07. The lowest BCUT2D eigenvalue weighted by atomic mass is 9.89. The zero-order valence-electron chi connectivity index (χ0n) is 34.0. The van der Waals surface area contributed by atoms with Crippen molar-refractivity contribution in [2.45, 2.75) is 82.8 Å². The molecule has 0 aliphatic carbocycles. The average molecular weight is 864 g/mol. The molecule has 0 saturated carbocycles. The first-order valence-corrected chi connectivity index (χ1v) is 23.8. The smallest absolute Gasteiger partial charge is 0.267 e. The predicted molar refractivity (Wildman–Crippen MR) is 239 cm³/mol. The average Bonchev–Trinajstić information content (AvgIpc) is 3.77. The van der Waals surface area contributed by atoms with E-state index in [4.69, 9.17) is 15.1 Å². The highest BCUT2D eigenvalue weighted by atomic mass is 79.9. The van der Waals surface area contributed by atoms with Crippen LogP contribution in [0.2, 0.25) is 5.04 Å². The maximum atomic E-state index is 15.2. The Balaban J connectivity index is 1.37. The van der Waals surface area contributed by atoms with Gasteiger partial charge in [0.15, 0.2) is 0 Å². The Hall–Kier alpha value is -3.77. The molecule has 3 heterocycles. The minimum absolute atomic E-state index is 0.153. The van der Waals surface area contributed by atoms with E-state index >= 15 is 4.21 Å². The molecule has 2 N–H and O–H groups in total. The van der Waals surface area contributed by atoms with Gasteiger partial charge in [0.25, 0.3) is 14.2 Å². The Morgan fingerprint density at radius 1 is 0.877 bits per heavy atom. The summed E-state index contributed by atoms with van der Waals surface area (Å²) in [6, 6.07) is 41.4. The normalized spacial score (nSPS) is 19.7. The van der Waals surface area contributed by atoms with Crippen molar-refractivity contribution in [1.29, 1.82) is 0 Å². The lowest BCUT2D eigenvalue weighted by Gasteiger charge is -2.43. The van der Waals surface area contributed by atoms with Gasteiger partial charge in [0.05, 0.1) is 22.5 Å². The number of primary amides is 1. The summed E-state index contributed by atoms with van der Waals surface area (Å²) in [5.41, 5.74) is 11.1. The Labute approximate surface area is 350 Å². The first-order chi connectivity index (χ1) is 27.2. The van der Waals surface area contributed by atoms with Gasteiger partial charge in [0, 0.05) is 35.3 Å². The second-order valence-electron chi connectivity index (χ2n) is 17.5. The maximum Gasteiger partial charge on any atom is 0.267 e. The molecule has 10 heteroatoms. The summed E-state index contributed by atoms with van der Waals surface area (Å²) in [6.45, 7) is 16.1. The van der Waals surface area contributed by atoms with Crippen molar-refractivity contribution in [2.75, 3.05) is 19.7 Å². The first kappa shape index (κ1) is 41.4. The van der Waals surface area contributed by atoms with E-state index in [2.05, 4.69) is 158 Å². The Morgan fingerprint density at radius 3 is 2.05 bits per heavy atom. The number of carbonyl (C=O) groups excluding carboxylic acids is 1. The molecule has 1 aromatic heterocycles. The van der Waals surface area contributed by atoms with Crippen LogP contribution in [0.4, 0.5) is 0 Å².